The van der Waals surface area contributed by atoms with Gasteiger partial charge in [-0.25, -0.2) is 19.2 Å². The van der Waals surface area contributed by atoms with Crippen LogP contribution in [0.3, 0.4) is 0 Å². The minimum atomic E-state index is -0.661. The number of nitrogens with zero attached hydrogens (tertiary/aromatic N) is 2. The minimum Gasteiger partial charge on any atom is -0.462 e. The molecule has 1 N–H and O–H groups in total. The maximum atomic E-state index is 12.5. The zero-order valence-electron chi connectivity index (χ0n) is 9.31. The fourth-order valence-electron chi connectivity index (χ4n) is 0.976. The van der Waals surface area contributed by atoms with Gasteiger partial charge in [-0.3, -0.25) is 5.41 Å². The minimum absolute atomic E-state index is 0.0535. The monoisotopic (exact) mass is 237 g/mol. The van der Waals surface area contributed by atoms with E-state index in [1.54, 1.807) is 6.92 Å². The predicted molar refractivity (Wildman–Crippen MR) is 61.3 cm³/mol. The van der Waals surface area contributed by atoms with E-state index in [1.807, 2.05) is 0 Å². The number of aliphatic imine (C=N–C) groups is 1. The Kier molecular flexibility index (Phi) is 4.93. The van der Waals surface area contributed by atoms with Crippen molar-refractivity contribution in [2.45, 2.75) is 13.3 Å². The normalized spacial score (nSPS) is 10.5. The largest absolute Gasteiger partial charge is 0.462 e. The topological polar surface area (TPSA) is 75.4 Å². The number of esters is 1. The second-order valence-electron chi connectivity index (χ2n) is 3.05. The lowest BCUT2D eigenvalue weighted by Crippen LogP contribution is -2.16. The summed E-state index contributed by atoms with van der Waals surface area (Å²) >= 11 is 0. The summed E-state index contributed by atoms with van der Waals surface area (Å²) in [5, 5.41) is 7.35. The lowest BCUT2D eigenvalue weighted by molar-refractivity contribution is -0.135. The van der Waals surface area contributed by atoms with Crippen LogP contribution in [0.25, 0.3) is 0 Å². The quantitative estimate of drug-likeness (QED) is 0.627. The number of ether oxygens (including phenoxy) is 1. The van der Waals surface area contributed by atoms with Crippen LogP contribution in [0.5, 0.6) is 0 Å². The van der Waals surface area contributed by atoms with Crippen molar-refractivity contribution in [2.24, 2.45) is 4.99 Å². The summed E-state index contributed by atoms with van der Waals surface area (Å²) in [4.78, 5) is 18.6. The second kappa shape index (κ2) is 6.47. The molecule has 0 bridgehead atoms. The molecule has 0 aliphatic heterocycles. The van der Waals surface area contributed by atoms with Crippen LogP contribution in [-0.2, 0) is 9.53 Å². The van der Waals surface area contributed by atoms with Gasteiger partial charge in [0.05, 0.1) is 12.8 Å². The number of aromatic nitrogens is 1. The number of carbonyl (C=O) groups is 1. The van der Waals surface area contributed by atoms with Gasteiger partial charge >= 0.3 is 5.97 Å². The van der Waals surface area contributed by atoms with E-state index >= 15 is 0 Å². The van der Waals surface area contributed by atoms with Crippen molar-refractivity contribution in [3.8, 4) is 0 Å². The zero-order valence-corrected chi connectivity index (χ0v) is 9.31. The van der Waals surface area contributed by atoms with E-state index in [2.05, 4.69) is 14.7 Å². The van der Waals surface area contributed by atoms with Gasteiger partial charge in [-0.15, -0.1) is 0 Å². The molecule has 1 aromatic heterocycles. The van der Waals surface area contributed by atoms with Gasteiger partial charge in [0.2, 0.25) is 0 Å². The summed E-state index contributed by atoms with van der Waals surface area (Å²) in [7, 11) is 0. The number of halogens is 1. The SMILES string of the molecule is CCOC(=O)C(=N)CC=Nc1ccc(F)cn1. The maximum Gasteiger partial charge on any atom is 0.352 e. The molecule has 17 heavy (non-hydrogen) atoms. The van der Waals surface area contributed by atoms with Gasteiger partial charge in [0.1, 0.15) is 11.5 Å². The Morgan fingerprint density at radius 3 is 3.00 bits per heavy atom. The van der Waals surface area contributed by atoms with Crippen LogP contribution in [0.2, 0.25) is 0 Å². The summed E-state index contributed by atoms with van der Waals surface area (Å²) < 4.78 is 17.1. The molecule has 0 unspecified atom stereocenters. The highest BCUT2D eigenvalue weighted by Gasteiger charge is 2.07. The van der Waals surface area contributed by atoms with Crippen molar-refractivity contribution in [1.82, 2.24) is 4.98 Å². The summed E-state index contributed by atoms with van der Waals surface area (Å²) in [6.45, 7) is 1.90. The number of carbonyl (C=O) groups excluding carboxylic acids is 1. The molecule has 0 amide bonds. The van der Waals surface area contributed by atoms with E-state index in [-0.39, 0.29) is 18.7 Å². The fourth-order valence-corrected chi connectivity index (χ4v) is 0.976. The highest BCUT2D eigenvalue weighted by molar-refractivity contribution is 6.37. The van der Waals surface area contributed by atoms with Crippen molar-refractivity contribution in [2.75, 3.05) is 6.61 Å². The van der Waals surface area contributed by atoms with Crippen molar-refractivity contribution in [3.63, 3.8) is 0 Å². The van der Waals surface area contributed by atoms with Crippen LogP contribution in [0, 0.1) is 11.2 Å². The number of rotatable bonds is 5. The molecule has 6 heteroatoms. The lowest BCUT2D eigenvalue weighted by Gasteiger charge is -1.99. The molecule has 1 heterocycles. The van der Waals surface area contributed by atoms with E-state index < -0.39 is 11.8 Å². The Morgan fingerprint density at radius 2 is 2.41 bits per heavy atom. The summed E-state index contributed by atoms with van der Waals surface area (Å²) in [6, 6.07) is 2.64. The molecule has 90 valence electrons. The van der Waals surface area contributed by atoms with Crippen molar-refractivity contribution in [3.05, 3.63) is 24.1 Å². The third-order valence-electron chi connectivity index (χ3n) is 1.75. The number of hydrogen-bond donors (Lipinski definition) is 1. The zero-order chi connectivity index (χ0) is 12.7. The van der Waals surface area contributed by atoms with Crippen LogP contribution in [0.1, 0.15) is 13.3 Å². The first-order valence-electron chi connectivity index (χ1n) is 5.02. The highest BCUT2D eigenvalue weighted by atomic mass is 19.1. The number of nitrogens with one attached hydrogen (secondary N) is 1. The van der Waals surface area contributed by atoms with E-state index in [0.717, 1.165) is 6.20 Å². The number of pyridine rings is 1. The molecule has 0 spiro atoms. The van der Waals surface area contributed by atoms with Gasteiger partial charge in [0.15, 0.2) is 5.82 Å². The van der Waals surface area contributed by atoms with E-state index in [0.29, 0.717) is 5.82 Å². The third kappa shape index (κ3) is 4.50. The fraction of sp³-hybridized carbons (Fsp3) is 0.273. The van der Waals surface area contributed by atoms with Gasteiger partial charge in [-0.05, 0) is 19.1 Å². The van der Waals surface area contributed by atoms with Gasteiger partial charge in [-0.1, -0.05) is 0 Å². The van der Waals surface area contributed by atoms with E-state index in [4.69, 9.17) is 5.41 Å². The molecule has 1 aromatic rings. The molecular weight excluding hydrogens is 225 g/mol. The Balaban J connectivity index is 2.47. The van der Waals surface area contributed by atoms with Crippen LogP contribution >= 0.6 is 0 Å². The smallest absolute Gasteiger partial charge is 0.352 e. The molecule has 0 aliphatic carbocycles. The molecular formula is C11H12FN3O2. The summed E-state index contributed by atoms with van der Waals surface area (Å²) in [6.07, 6.45) is 2.46. The average Bonchev–Trinajstić information content (AvgIpc) is 2.32. The molecule has 0 saturated heterocycles. The van der Waals surface area contributed by atoms with Crippen LogP contribution < -0.4 is 0 Å². The third-order valence-corrected chi connectivity index (χ3v) is 1.75. The van der Waals surface area contributed by atoms with Crippen LogP contribution in [-0.4, -0.2) is 29.5 Å². The molecule has 0 aliphatic rings. The molecule has 0 atom stereocenters. The Bertz CT molecular complexity index is 429. The number of hydrogen-bond acceptors (Lipinski definition) is 5. The van der Waals surface area contributed by atoms with Gasteiger partial charge in [0, 0.05) is 12.6 Å². The van der Waals surface area contributed by atoms with Crippen LogP contribution in [0.4, 0.5) is 10.2 Å². The average molecular weight is 237 g/mol. The second-order valence-corrected chi connectivity index (χ2v) is 3.05. The Morgan fingerprint density at radius 1 is 1.65 bits per heavy atom. The standard InChI is InChI=1S/C11H12FN3O2/c1-2-17-11(16)9(13)5-6-14-10-4-3-8(12)7-15-10/h3-4,6-7,13H,2,5H2,1H3. The van der Waals surface area contributed by atoms with Gasteiger partial charge in [0.25, 0.3) is 0 Å². The molecule has 0 saturated carbocycles. The highest BCUT2D eigenvalue weighted by Crippen LogP contribution is 2.06. The maximum absolute atomic E-state index is 12.5. The molecule has 5 nitrogen and oxygen atoms in total. The molecule has 0 aromatic carbocycles. The van der Waals surface area contributed by atoms with Crippen molar-refractivity contribution < 1.29 is 13.9 Å². The lowest BCUT2D eigenvalue weighted by atomic mass is 10.3. The molecule has 0 fully saturated rings. The van der Waals surface area contributed by atoms with E-state index in [1.165, 1.54) is 18.3 Å². The van der Waals surface area contributed by atoms with Crippen molar-refractivity contribution in [1.29, 1.82) is 5.41 Å². The Labute approximate surface area is 97.9 Å². The summed E-state index contributed by atoms with van der Waals surface area (Å²) in [5.41, 5.74) is -0.183. The van der Waals surface area contributed by atoms with Crippen molar-refractivity contribution >= 4 is 23.7 Å². The van der Waals surface area contributed by atoms with Gasteiger partial charge in [-0.2, -0.15) is 0 Å². The molecule has 1 rings (SSSR count). The predicted octanol–water partition coefficient (Wildman–Crippen LogP) is 1.90. The Hall–Kier alpha value is -2.11. The first-order valence-corrected chi connectivity index (χ1v) is 5.02. The first-order chi connectivity index (χ1) is 8.13. The summed E-state index contributed by atoms with van der Waals surface area (Å²) in [5.74, 6) is -0.780. The van der Waals surface area contributed by atoms with Gasteiger partial charge < -0.3 is 4.74 Å². The first kappa shape index (κ1) is 13.0. The van der Waals surface area contributed by atoms with E-state index in [9.17, 15) is 9.18 Å². The van der Waals surface area contributed by atoms with Crippen LogP contribution in [0.15, 0.2) is 23.3 Å². The molecule has 0 radical (unpaired) electrons.